The molecule has 1 aromatic carbocycles. The summed E-state index contributed by atoms with van der Waals surface area (Å²) in [5.41, 5.74) is 2.40. The second-order valence-corrected chi connectivity index (χ2v) is 8.05. The van der Waals surface area contributed by atoms with Gasteiger partial charge in [0, 0.05) is 13.1 Å². The average Bonchev–Trinajstić information content (AvgIpc) is 2.94. The molecule has 0 N–H and O–H groups in total. The fourth-order valence-corrected chi connectivity index (χ4v) is 4.96. The second kappa shape index (κ2) is 7.28. The van der Waals surface area contributed by atoms with E-state index in [1.165, 1.54) is 4.31 Å². The zero-order valence-corrected chi connectivity index (χ0v) is 16.4. The van der Waals surface area contributed by atoms with Gasteiger partial charge in [-0.15, -0.1) is 0 Å². The quantitative estimate of drug-likeness (QED) is 0.766. The first-order chi connectivity index (χ1) is 12.4. The molecule has 2 aromatic rings. The van der Waals surface area contributed by atoms with Crippen molar-refractivity contribution in [2.24, 2.45) is 0 Å². The van der Waals surface area contributed by atoms with Gasteiger partial charge in [0.15, 0.2) is 17.3 Å². The fourth-order valence-electron chi connectivity index (χ4n) is 3.25. The van der Waals surface area contributed by atoms with Gasteiger partial charge in [0.25, 0.3) is 0 Å². The average molecular weight is 380 g/mol. The molecule has 0 radical (unpaired) electrons. The molecule has 0 aliphatic carbocycles. The van der Waals surface area contributed by atoms with Crippen molar-refractivity contribution in [2.75, 3.05) is 19.8 Å². The Morgan fingerprint density at radius 2 is 1.73 bits per heavy atom. The first-order valence-corrected chi connectivity index (χ1v) is 10.2. The van der Waals surface area contributed by atoms with Gasteiger partial charge in [-0.3, -0.25) is 0 Å². The molecule has 1 aliphatic heterocycles. The molecule has 7 nitrogen and oxygen atoms in total. The summed E-state index contributed by atoms with van der Waals surface area (Å²) in [5.74, 6) is 1.66. The maximum Gasteiger partial charge on any atom is 0.248 e. The monoisotopic (exact) mass is 380 g/mol. The topological polar surface area (TPSA) is 81.9 Å². The Labute approximate surface area is 153 Å². The predicted octanol–water partition coefficient (Wildman–Crippen LogP) is 2.84. The van der Waals surface area contributed by atoms with Crippen LogP contribution in [0.3, 0.4) is 0 Å². The lowest BCUT2D eigenvalue weighted by Crippen LogP contribution is -2.36. The molecule has 0 saturated heterocycles. The van der Waals surface area contributed by atoms with Gasteiger partial charge in [0.05, 0.1) is 13.2 Å². The molecule has 0 fully saturated rings. The van der Waals surface area contributed by atoms with E-state index in [9.17, 15) is 8.42 Å². The summed E-state index contributed by atoms with van der Waals surface area (Å²) in [6.45, 7) is 8.84. The molecule has 0 spiro atoms. The zero-order chi connectivity index (χ0) is 18.9. The minimum Gasteiger partial charge on any atom is -0.490 e. The van der Waals surface area contributed by atoms with E-state index in [0.717, 1.165) is 11.1 Å². The molecule has 2 heterocycles. The van der Waals surface area contributed by atoms with Crippen molar-refractivity contribution >= 4 is 10.0 Å². The van der Waals surface area contributed by atoms with Crippen molar-refractivity contribution in [1.29, 1.82) is 0 Å². The molecular formula is C18H24N2O5S. The van der Waals surface area contributed by atoms with Crippen LogP contribution in [-0.4, -0.2) is 37.6 Å². The van der Waals surface area contributed by atoms with Gasteiger partial charge in [-0.25, -0.2) is 8.42 Å². The summed E-state index contributed by atoms with van der Waals surface area (Å²) >= 11 is 0. The van der Waals surface area contributed by atoms with Crippen LogP contribution in [0.1, 0.15) is 36.4 Å². The zero-order valence-electron chi connectivity index (χ0n) is 15.5. The third kappa shape index (κ3) is 3.31. The largest absolute Gasteiger partial charge is 0.490 e. The molecule has 26 heavy (non-hydrogen) atoms. The highest BCUT2D eigenvalue weighted by atomic mass is 32.2. The van der Waals surface area contributed by atoms with Gasteiger partial charge in [-0.2, -0.15) is 4.31 Å². The summed E-state index contributed by atoms with van der Waals surface area (Å²) < 4.78 is 43.9. The minimum atomic E-state index is -3.66. The molecule has 1 aliphatic rings. The first kappa shape index (κ1) is 18.7. The number of ether oxygens (including phenoxy) is 2. The van der Waals surface area contributed by atoms with Crippen molar-refractivity contribution < 1.29 is 22.4 Å². The normalized spacial score (nSPS) is 14.9. The van der Waals surface area contributed by atoms with E-state index in [4.69, 9.17) is 14.0 Å². The van der Waals surface area contributed by atoms with Crippen LogP contribution in [0, 0.1) is 13.8 Å². The van der Waals surface area contributed by atoms with E-state index in [2.05, 4.69) is 5.16 Å². The van der Waals surface area contributed by atoms with Crippen molar-refractivity contribution in [3.8, 4) is 11.5 Å². The van der Waals surface area contributed by atoms with Crippen molar-refractivity contribution in [1.82, 2.24) is 9.46 Å². The molecule has 8 heteroatoms. The Hall–Kier alpha value is -2.06. The molecule has 3 rings (SSSR count). The molecule has 0 unspecified atom stereocenters. The SMILES string of the molecule is CCOc1cc2c(cc1OCC)CN(S(=O)(=O)c1c(C)noc1C)CC2. The summed E-state index contributed by atoms with van der Waals surface area (Å²) in [7, 11) is -3.66. The number of aryl methyl sites for hydroxylation is 2. The third-order valence-corrected chi connectivity index (χ3v) is 6.50. The van der Waals surface area contributed by atoms with Gasteiger partial charge in [0.1, 0.15) is 10.6 Å². The number of hydrogen-bond acceptors (Lipinski definition) is 6. The molecule has 0 atom stereocenters. The lowest BCUT2D eigenvalue weighted by molar-refractivity contribution is 0.285. The number of rotatable bonds is 6. The summed E-state index contributed by atoms with van der Waals surface area (Å²) in [6, 6.07) is 3.85. The Kier molecular flexibility index (Phi) is 5.24. The van der Waals surface area contributed by atoms with E-state index in [-0.39, 0.29) is 11.4 Å². The van der Waals surface area contributed by atoms with Crippen LogP contribution in [0.25, 0.3) is 0 Å². The van der Waals surface area contributed by atoms with E-state index in [0.29, 0.717) is 49.1 Å². The smallest absolute Gasteiger partial charge is 0.248 e. The third-order valence-electron chi connectivity index (χ3n) is 4.41. The number of sulfonamides is 1. The first-order valence-electron chi connectivity index (χ1n) is 8.72. The maximum absolute atomic E-state index is 13.0. The van der Waals surface area contributed by atoms with Crippen LogP contribution >= 0.6 is 0 Å². The van der Waals surface area contributed by atoms with Crippen LogP contribution in [0.4, 0.5) is 0 Å². The Balaban J connectivity index is 1.95. The Morgan fingerprint density at radius 1 is 1.12 bits per heavy atom. The van der Waals surface area contributed by atoms with E-state index in [1.807, 2.05) is 26.0 Å². The van der Waals surface area contributed by atoms with Crippen LogP contribution in [0.15, 0.2) is 21.6 Å². The molecular weight excluding hydrogens is 356 g/mol. The van der Waals surface area contributed by atoms with Crippen LogP contribution < -0.4 is 9.47 Å². The van der Waals surface area contributed by atoms with Crippen LogP contribution in [-0.2, 0) is 23.0 Å². The van der Waals surface area contributed by atoms with Gasteiger partial charge >= 0.3 is 0 Å². The van der Waals surface area contributed by atoms with Crippen molar-refractivity contribution in [3.05, 3.63) is 34.7 Å². The van der Waals surface area contributed by atoms with Gasteiger partial charge in [-0.05, 0) is 57.4 Å². The predicted molar refractivity (Wildman–Crippen MR) is 96.1 cm³/mol. The summed E-state index contributed by atoms with van der Waals surface area (Å²) in [6.07, 6.45) is 0.615. The molecule has 0 amide bonds. The number of hydrogen-bond donors (Lipinski definition) is 0. The van der Waals surface area contributed by atoms with E-state index in [1.54, 1.807) is 13.8 Å². The molecule has 142 valence electrons. The fraction of sp³-hybridized carbons (Fsp3) is 0.500. The Bertz CT molecular complexity index is 885. The summed E-state index contributed by atoms with van der Waals surface area (Å²) in [5, 5.41) is 3.77. The second-order valence-electron chi connectivity index (χ2n) is 6.18. The maximum atomic E-state index is 13.0. The molecule has 0 saturated carbocycles. The van der Waals surface area contributed by atoms with Crippen LogP contribution in [0.5, 0.6) is 11.5 Å². The highest BCUT2D eigenvalue weighted by Gasteiger charge is 2.33. The molecule has 0 bridgehead atoms. The van der Waals surface area contributed by atoms with Gasteiger partial charge in [-0.1, -0.05) is 5.16 Å². The standard InChI is InChI=1S/C18H24N2O5S/c1-5-23-16-9-14-7-8-20(11-15(14)10-17(16)24-6-2)26(21,22)18-12(3)19-25-13(18)4/h9-10H,5-8,11H2,1-4H3. The highest BCUT2D eigenvalue weighted by Crippen LogP contribution is 2.35. The van der Waals surface area contributed by atoms with Gasteiger partial charge in [0.2, 0.25) is 10.0 Å². The van der Waals surface area contributed by atoms with Gasteiger partial charge < -0.3 is 14.0 Å². The number of fused-ring (bicyclic) bond motifs is 1. The number of nitrogens with zero attached hydrogens (tertiary/aromatic N) is 2. The lowest BCUT2D eigenvalue weighted by atomic mass is 10.0. The van der Waals surface area contributed by atoms with E-state index < -0.39 is 10.0 Å². The number of aromatic nitrogens is 1. The Morgan fingerprint density at radius 3 is 2.27 bits per heavy atom. The molecule has 1 aromatic heterocycles. The minimum absolute atomic E-state index is 0.164. The lowest BCUT2D eigenvalue weighted by Gasteiger charge is -2.29. The summed E-state index contributed by atoms with van der Waals surface area (Å²) in [4.78, 5) is 0.164. The van der Waals surface area contributed by atoms with Crippen molar-refractivity contribution in [2.45, 2.75) is 45.6 Å². The number of benzene rings is 1. The van der Waals surface area contributed by atoms with E-state index >= 15 is 0 Å². The van der Waals surface area contributed by atoms with Crippen LogP contribution in [0.2, 0.25) is 0 Å². The van der Waals surface area contributed by atoms with Crippen molar-refractivity contribution in [3.63, 3.8) is 0 Å². The highest BCUT2D eigenvalue weighted by molar-refractivity contribution is 7.89.